The average molecular weight is 199 g/mol. The van der Waals surface area contributed by atoms with Gasteiger partial charge in [-0.15, -0.1) is 0 Å². The molecule has 0 amide bonds. The summed E-state index contributed by atoms with van der Waals surface area (Å²) in [5.74, 6) is 0.0233. The SMILES string of the molecule is N#Cc1ccc(Cn2ccnc2)cc1O. The number of rotatable bonds is 2. The van der Waals surface area contributed by atoms with Crippen molar-refractivity contribution in [2.24, 2.45) is 0 Å². The summed E-state index contributed by atoms with van der Waals surface area (Å²) in [6.07, 6.45) is 5.24. The standard InChI is InChI=1S/C11H9N3O/c12-6-10-2-1-9(5-11(10)15)7-14-4-3-13-8-14/h1-5,8,15H,7H2. The van der Waals surface area contributed by atoms with E-state index in [1.165, 1.54) is 0 Å². The normalized spacial score (nSPS) is 9.80. The average Bonchev–Trinajstić information content (AvgIpc) is 2.71. The molecule has 0 fully saturated rings. The third-order valence-electron chi connectivity index (χ3n) is 2.11. The molecule has 0 aliphatic rings. The molecule has 0 saturated heterocycles. The first kappa shape index (κ1) is 9.28. The summed E-state index contributed by atoms with van der Waals surface area (Å²) in [4.78, 5) is 3.92. The van der Waals surface area contributed by atoms with E-state index in [9.17, 15) is 5.11 Å². The molecule has 15 heavy (non-hydrogen) atoms. The summed E-state index contributed by atoms with van der Waals surface area (Å²) in [5, 5.41) is 18.1. The lowest BCUT2D eigenvalue weighted by molar-refractivity contribution is 0.472. The third-order valence-corrected chi connectivity index (χ3v) is 2.11. The minimum Gasteiger partial charge on any atom is -0.507 e. The van der Waals surface area contributed by atoms with Crippen LogP contribution in [0.1, 0.15) is 11.1 Å². The van der Waals surface area contributed by atoms with Gasteiger partial charge in [-0.3, -0.25) is 0 Å². The van der Waals surface area contributed by atoms with Gasteiger partial charge in [-0.05, 0) is 17.7 Å². The van der Waals surface area contributed by atoms with Crippen molar-refractivity contribution in [1.29, 1.82) is 5.26 Å². The van der Waals surface area contributed by atoms with Crippen LogP contribution in [0.2, 0.25) is 0 Å². The number of hydrogen-bond donors (Lipinski definition) is 1. The summed E-state index contributed by atoms with van der Waals surface area (Å²) in [5.41, 5.74) is 1.23. The number of hydrogen-bond acceptors (Lipinski definition) is 3. The molecule has 0 unspecified atom stereocenters. The first-order chi connectivity index (χ1) is 7.29. The second-order valence-corrected chi connectivity index (χ2v) is 3.20. The van der Waals surface area contributed by atoms with Crippen LogP contribution in [0.25, 0.3) is 0 Å². The molecule has 0 bridgehead atoms. The largest absolute Gasteiger partial charge is 0.507 e. The van der Waals surface area contributed by atoms with Crippen molar-refractivity contribution in [2.75, 3.05) is 0 Å². The molecule has 1 aromatic carbocycles. The van der Waals surface area contributed by atoms with Crippen molar-refractivity contribution < 1.29 is 5.11 Å². The highest BCUT2D eigenvalue weighted by Crippen LogP contribution is 2.18. The number of nitrogens with zero attached hydrogens (tertiary/aromatic N) is 3. The summed E-state index contributed by atoms with van der Waals surface area (Å²) in [6.45, 7) is 0.638. The Balaban J connectivity index is 2.24. The topological polar surface area (TPSA) is 61.8 Å². The Morgan fingerprint density at radius 2 is 2.33 bits per heavy atom. The zero-order valence-corrected chi connectivity index (χ0v) is 7.96. The van der Waals surface area contributed by atoms with E-state index in [1.807, 2.05) is 22.9 Å². The number of phenols is 1. The maximum atomic E-state index is 9.47. The number of phenolic OH excluding ortho intramolecular Hbond substituents is 1. The molecule has 0 aliphatic carbocycles. The van der Waals surface area contributed by atoms with Gasteiger partial charge in [0.1, 0.15) is 11.8 Å². The van der Waals surface area contributed by atoms with E-state index < -0.39 is 0 Å². The second kappa shape index (κ2) is 3.84. The van der Waals surface area contributed by atoms with Crippen molar-refractivity contribution in [1.82, 2.24) is 9.55 Å². The molecule has 0 spiro atoms. The number of aromatic nitrogens is 2. The lowest BCUT2D eigenvalue weighted by atomic mass is 10.1. The van der Waals surface area contributed by atoms with E-state index >= 15 is 0 Å². The van der Waals surface area contributed by atoms with Crippen molar-refractivity contribution in [3.8, 4) is 11.8 Å². The molecule has 0 radical (unpaired) electrons. The van der Waals surface area contributed by atoms with Crippen LogP contribution in [0.5, 0.6) is 5.75 Å². The maximum Gasteiger partial charge on any atom is 0.133 e. The second-order valence-electron chi connectivity index (χ2n) is 3.20. The fourth-order valence-corrected chi connectivity index (χ4v) is 1.36. The van der Waals surface area contributed by atoms with Crippen molar-refractivity contribution in [3.63, 3.8) is 0 Å². The Morgan fingerprint density at radius 1 is 1.47 bits per heavy atom. The molecule has 0 aliphatic heterocycles. The Kier molecular flexibility index (Phi) is 2.38. The molecule has 4 heteroatoms. The van der Waals surface area contributed by atoms with Crippen LogP contribution in [0.15, 0.2) is 36.9 Å². The molecular formula is C11H9N3O. The number of imidazole rings is 1. The van der Waals surface area contributed by atoms with Crippen LogP contribution in [-0.2, 0) is 6.54 Å². The van der Waals surface area contributed by atoms with Crippen LogP contribution in [-0.4, -0.2) is 14.7 Å². The van der Waals surface area contributed by atoms with Gasteiger partial charge in [0, 0.05) is 18.9 Å². The Morgan fingerprint density at radius 3 is 2.93 bits per heavy atom. The van der Waals surface area contributed by atoms with E-state index in [4.69, 9.17) is 5.26 Å². The zero-order valence-electron chi connectivity index (χ0n) is 7.96. The maximum absolute atomic E-state index is 9.47. The van der Waals surface area contributed by atoms with Gasteiger partial charge >= 0.3 is 0 Å². The van der Waals surface area contributed by atoms with Gasteiger partial charge in [-0.2, -0.15) is 5.26 Å². The first-order valence-corrected chi connectivity index (χ1v) is 4.47. The number of aromatic hydroxyl groups is 1. The van der Waals surface area contributed by atoms with Gasteiger partial charge in [0.15, 0.2) is 0 Å². The van der Waals surface area contributed by atoms with E-state index in [0.717, 1.165) is 5.56 Å². The fraction of sp³-hybridized carbons (Fsp3) is 0.0909. The monoisotopic (exact) mass is 199 g/mol. The molecule has 0 atom stereocenters. The zero-order chi connectivity index (χ0) is 10.7. The molecule has 1 heterocycles. The van der Waals surface area contributed by atoms with Crippen molar-refractivity contribution in [2.45, 2.75) is 6.54 Å². The van der Waals surface area contributed by atoms with Gasteiger partial charge in [0.05, 0.1) is 11.9 Å². The predicted molar refractivity (Wildman–Crippen MR) is 54.2 cm³/mol. The van der Waals surface area contributed by atoms with Gasteiger partial charge in [0.2, 0.25) is 0 Å². The molecule has 2 rings (SSSR count). The lowest BCUT2D eigenvalue weighted by Gasteiger charge is -2.03. The Hall–Kier alpha value is -2.28. The van der Waals surface area contributed by atoms with Crippen molar-refractivity contribution >= 4 is 0 Å². The van der Waals surface area contributed by atoms with Crippen molar-refractivity contribution in [3.05, 3.63) is 48.0 Å². The molecule has 74 valence electrons. The highest BCUT2D eigenvalue weighted by molar-refractivity contribution is 5.44. The summed E-state index contributed by atoms with van der Waals surface area (Å²) in [6, 6.07) is 6.94. The Bertz CT molecular complexity index is 497. The summed E-state index contributed by atoms with van der Waals surface area (Å²) < 4.78 is 1.89. The fourth-order valence-electron chi connectivity index (χ4n) is 1.36. The van der Waals surface area contributed by atoms with Gasteiger partial charge in [0.25, 0.3) is 0 Å². The number of nitriles is 1. The summed E-state index contributed by atoms with van der Waals surface area (Å²) >= 11 is 0. The van der Waals surface area contributed by atoms with E-state index in [2.05, 4.69) is 4.98 Å². The number of benzene rings is 1. The lowest BCUT2D eigenvalue weighted by Crippen LogP contribution is -1.96. The molecule has 1 N–H and O–H groups in total. The van der Waals surface area contributed by atoms with Gasteiger partial charge in [-0.1, -0.05) is 6.07 Å². The first-order valence-electron chi connectivity index (χ1n) is 4.47. The van der Waals surface area contributed by atoms with Gasteiger partial charge < -0.3 is 9.67 Å². The molecule has 1 aromatic heterocycles. The van der Waals surface area contributed by atoms with E-state index in [1.54, 1.807) is 24.7 Å². The molecule has 4 nitrogen and oxygen atoms in total. The highest BCUT2D eigenvalue weighted by atomic mass is 16.3. The van der Waals surface area contributed by atoms with E-state index in [-0.39, 0.29) is 5.75 Å². The van der Waals surface area contributed by atoms with Crippen LogP contribution in [0, 0.1) is 11.3 Å². The highest BCUT2D eigenvalue weighted by Gasteiger charge is 2.01. The molecular weight excluding hydrogens is 190 g/mol. The smallest absolute Gasteiger partial charge is 0.133 e. The quantitative estimate of drug-likeness (QED) is 0.797. The van der Waals surface area contributed by atoms with Crippen LogP contribution in [0.3, 0.4) is 0 Å². The van der Waals surface area contributed by atoms with Gasteiger partial charge in [-0.25, -0.2) is 4.98 Å². The molecule has 0 saturated carbocycles. The third kappa shape index (κ3) is 1.97. The van der Waals surface area contributed by atoms with E-state index in [0.29, 0.717) is 12.1 Å². The summed E-state index contributed by atoms with van der Waals surface area (Å²) in [7, 11) is 0. The minimum atomic E-state index is 0.0233. The van der Waals surface area contributed by atoms with Crippen LogP contribution < -0.4 is 0 Å². The minimum absolute atomic E-state index is 0.0233. The van der Waals surface area contributed by atoms with Crippen LogP contribution >= 0.6 is 0 Å². The Labute approximate surface area is 87.0 Å². The van der Waals surface area contributed by atoms with Crippen LogP contribution in [0.4, 0.5) is 0 Å². The predicted octanol–water partition coefficient (Wildman–Crippen LogP) is 1.51. The molecule has 2 aromatic rings.